The lowest BCUT2D eigenvalue weighted by Gasteiger charge is -2.01. The Morgan fingerprint density at radius 2 is 2.56 bits per heavy atom. The lowest BCUT2D eigenvalue weighted by molar-refractivity contribution is 0.689. The standard InChI is InChI=1S/C9H11/c1-3-5-8(4-2)9-6-7-9/h6,8H,3,5,7H2,1H3. The summed E-state index contributed by atoms with van der Waals surface area (Å²) >= 11 is 0. The van der Waals surface area contributed by atoms with Crippen molar-refractivity contribution < 1.29 is 0 Å². The first-order valence-corrected chi connectivity index (χ1v) is 3.49. The summed E-state index contributed by atoms with van der Waals surface area (Å²) < 4.78 is 0. The van der Waals surface area contributed by atoms with Crippen LogP contribution in [0.3, 0.4) is 0 Å². The maximum absolute atomic E-state index is 6.94. The van der Waals surface area contributed by atoms with Gasteiger partial charge < -0.3 is 0 Å². The monoisotopic (exact) mass is 119 g/mol. The van der Waals surface area contributed by atoms with Gasteiger partial charge >= 0.3 is 0 Å². The average Bonchev–Trinajstić information content (AvgIpc) is 2.64. The molecule has 0 aromatic heterocycles. The van der Waals surface area contributed by atoms with Gasteiger partial charge in [0, 0.05) is 5.92 Å². The van der Waals surface area contributed by atoms with Crippen LogP contribution in [0.1, 0.15) is 26.2 Å². The fourth-order valence-corrected chi connectivity index (χ4v) is 0.982. The van der Waals surface area contributed by atoms with Crippen molar-refractivity contribution in [2.24, 2.45) is 5.92 Å². The molecular weight excluding hydrogens is 108 g/mol. The van der Waals surface area contributed by atoms with Gasteiger partial charge in [0.2, 0.25) is 0 Å². The Labute approximate surface area is 57.0 Å². The smallest absolute Gasteiger partial charge is 0.0425 e. The molecule has 1 atom stereocenters. The third kappa shape index (κ3) is 1.61. The molecule has 47 valence electrons. The van der Waals surface area contributed by atoms with Crippen molar-refractivity contribution in [1.82, 2.24) is 0 Å². The first-order chi connectivity index (χ1) is 4.38. The molecule has 0 nitrogen and oxygen atoms in total. The van der Waals surface area contributed by atoms with E-state index < -0.39 is 0 Å². The molecule has 9 heavy (non-hydrogen) atoms. The van der Waals surface area contributed by atoms with Gasteiger partial charge in [-0.15, -0.1) is 0 Å². The highest BCUT2D eigenvalue weighted by Gasteiger charge is 2.16. The van der Waals surface area contributed by atoms with Gasteiger partial charge in [-0.25, -0.2) is 0 Å². The summed E-state index contributed by atoms with van der Waals surface area (Å²) in [6.45, 7) is 2.15. The van der Waals surface area contributed by atoms with Gasteiger partial charge in [0.25, 0.3) is 0 Å². The molecule has 0 aliphatic heterocycles. The van der Waals surface area contributed by atoms with Crippen molar-refractivity contribution in [1.29, 1.82) is 0 Å². The van der Waals surface area contributed by atoms with E-state index in [1.807, 2.05) is 0 Å². The lowest BCUT2D eigenvalue weighted by Crippen LogP contribution is -1.91. The minimum absolute atomic E-state index is 0.356. The summed E-state index contributed by atoms with van der Waals surface area (Å²) in [4.78, 5) is 0. The Kier molecular flexibility index (Phi) is 1.95. The van der Waals surface area contributed by atoms with Gasteiger partial charge in [-0.1, -0.05) is 30.9 Å². The van der Waals surface area contributed by atoms with Crippen LogP contribution in [0.5, 0.6) is 0 Å². The molecule has 0 heteroatoms. The highest BCUT2D eigenvalue weighted by molar-refractivity contribution is 5.29. The molecule has 1 radical (unpaired) electrons. The lowest BCUT2D eigenvalue weighted by atomic mass is 10.0. The van der Waals surface area contributed by atoms with E-state index in [-0.39, 0.29) is 0 Å². The van der Waals surface area contributed by atoms with E-state index >= 15 is 0 Å². The summed E-state index contributed by atoms with van der Waals surface area (Å²) in [6.07, 6.45) is 12.5. The molecule has 0 heterocycles. The first kappa shape index (κ1) is 6.42. The number of hydrogen-bond donors (Lipinski definition) is 0. The van der Waals surface area contributed by atoms with Crippen LogP contribution in [-0.4, -0.2) is 0 Å². The fourth-order valence-electron chi connectivity index (χ4n) is 0.982. The minimum atomic E-state index is 0.356. The SMILES string of the molecule is [C]#CC(CCC)C1=CC1. The van der Waals surface area contributed by atoms with Crippen LogP contribution >= 0.6 is 0 Å². The van der Waals surface area contributed by atoms with Crippen LogP contribution < -0.4 is 0 Å². The van der Waals surface area contributed by atoms with E-state index in [1.54, 1.807) is 0 Å². The van der Waals surface area contributed by atoms with Crippen molar-refractivity contribution >= 4 is 0 Å². The van der Waals surface area contributed by atoms with Crippen molar-refractivity contribution in [2.45, 2.75) is 26.2 Å². The Hall–Kier alpha value is -0.700. The maximum atomic E-state index is 6.94. The highest BCUT2D eigenvalue weighted by Crippen LogP contribution is 2.30. The van der Waals surface area contributed by atoms with Crippen molar-refractivity contribution in [3.05, 3.63) is 18.1 Å². The molecule has 0 saturated heterocycles. The van der Waals surface area contributed by atoms with Crippen LogP contribution in [0.15, 0.2) is 11.6 Å². The average molecular weight is 119 g/mol. The summed E-state index contributed by atoms with van der Waals surface area (Å²) in [5.41, 5.74) is 1.42. The summed E-state index contributed by atoms with van der Waals surface area (Å²) in [7, 11) is 0. The summed E-state index contributed by atoms with van der Waals surface area (Å²) in [5.74, 6) is 2.90. The first-order valence-electron chi connectivity index (χ1n) is 3.49. The van der Waals surface area contributed by atoms with Gasteiger partial charge in [0.1, 0.15) is 0 Å². The van der Waals surface area contributed by atoms with Crippen LogP contribution in [0, 0.1) is 18.3 Å². The Morgan fingerprint density at radius 1 is 1.89 bits per heavy atom. The second kappa shape index (κ2) is 2.73. The van der Waals surface area contributed by atoms with Crippen molar-refractivity contribution in [3.8, 4) is 5.92 Å². The van der Waals surface area contributed by atoms with Gasteiger partial charge in [0.05, 0.1) is 0 Å². The third-order valence-electron chi connectivity index (χ3n) is 1.64. The third-order valence-corrected chi connectivity index (χ3v) is 1.64. The van der Waals surface area contributed by atoms with E-state index in [0.29, 0.717) is 5.92 Å². The van der Waals surface area contributed by atoms with Crippen LogP contribution in [0.2, 0.25) is 0 Å². The molecule has 0 saturated carbocycles. The molecule has 1 aliphatic rings. The van der Waals surface area contributed by atoms with Gasteiger partial charge in [0.15, 0.2) is 0 Å². The molecule has 0 N–H and O–H groups in total. The predicted octanol–water partition coefficient (Wildman–Crippen LogP) is 2.32. The zero-order chi connectivity index (χ0) is 6.69. The number of hydrogen-bond acceptors (Lipinski definition) is 0. The van der Waals surface area contributed by atoms with E-state index in [4.69, 9.17) is 6.42 Å². The molecule has 0 spiro atoms. The quantitative estimate of drug-likeness (QED) is 0.395. The summed E-state index contributed by atoms with van der Waals surface area (Å²) in [5, 5.41) is 0. The van der Waals surface area contributed by atoms with E-state index in [2.05, 4.69) is 18.9 Å². The van der Waals surface area contributed by atoms with Crippen LogP contribution in [-0.2, 0) is 0 Å². The molecule has 1 rings (SSSR count). The molecule has 1 unspecified atom stereocenters. The summed E-state index contributed by atoms with van der Waals surface area (Å²) in [6, 6.07) is 0. The molecule has 0 fully saturated rings. The fraction of sp³-hybridized carbons (Fsp3) is 0.556. The van der Waals surface area contributed by atoms with Gasteiger partial charge in [-0.2, -0.15) is 0 Å². The second-order valence-corrected chi connectivity index (χ2v) is 2.47. The van der Waals surface area contributed by atoms with E-state index in [1.165, 1.54) is 5.57 Å². The predicted molar refractivity (Wildman–Crippen MR) is 38.2 cm³/mol. The van der Waals surface area contributed by atoms with Gasteiger partial charge in [-0.3, -0.25) is 0 Å². The number of rotatable bonds is 3. The van der Waals surface area contributed by atoms with Crippen molar-refractivity contribution in [3.63, 3.8) is 0 Å². The number of allylic oxidation sites excluding steroid dienone is 2. The van der Waals surface area contributed by atoms with Crippen molar-refractivity contribution in [2.75, 3.05) is 0 Å². The molecule has 0 aromatic rings. The Balaban J connectivity index is 2.32. The van der Waals surface area contributed by atoms with E-state index in [0.717, 1.165) is 19.3 Å². The zero-order valence-corrected chi connectivity index (χ0v) is 5.78. The molecule has 0 bridgehead atoms. The second-order valence-electron chi connectivity index (χ2n) is 2.47. The minimum Gasteiger partial charge on any atom is -0.0812 e. The topological polar surface area (TPSA) is 0 Å². The molecule has 0 aromatic carbocycles. The van der Waals surface area contributed by atoms with E-state index in [9.17, 15) is 0 Å². The highest BCUT2D eigenvalue weighted by atomic mass is 14.2. The largest absolute Gasteiger partial charge is 0.0812 e. The van der Waals surface area contributed by atoms with Gasteiger partial charge in [-0.05, 0) is 19.3 Å². The Morgan fingerprint density at radius 3 is 2.89 bits per heavy atom. The molecule has 1 aliphatic carbocycles. The molecule has 0 amide bonds. The Bertz CT molecular complexity index is 157. The normalized spacial score (nSPS) is 18.0. The maximum Gasteiger partial charge on any atom is 0.0425 e. The van der Waals surface area contributed by atoms with Crippen LogP contribution in [0.25, 0.3) is 0 Å². The zero-order valence-electron chi connectivity index (χ0n) is 5.78. The molecular formula is C9H11. The van der Waals surface area contributed by atoms with Crippen LogP contribution in [0.4, 0.5) is 0 Å².